The largest absolute Gasteiger partial charge is 0.299 e. The summed E-state index contributed by atoms with van der Waals surface area (Å²) in [6.07, 6.45) is 1.33. The SMILES string of the molecule is CC(C)C1C(=O)C(C)C2CC21. The Labute approximate surface area is 68.2 Å². The number of hydrogen-bond acceptors (Lipinski definition) is 1. The molecule has 1 nitrogen and oxygen atoms in total. The molecule has 0 aromatic heterocycles. The van der Waals surface area contributed by atoms with Crippen LogP contribution in [0.1, 0.15) is 27.2 Å². The monoisotopic (exact) mass is 152 g/mol. The fourth-order valence-electron chi connectivity index (χ4n) is 2.77. The fraction of sp³-hybridized carbons (Fsp3) is 0.900. The number of ketones is 1. The van der Waals surface area contributed by atoms with Crippen molar-refractivity contribution in [3.05, 3.63) is 0 Å². The quantitative estimate of drug-likeness (QED) is 0.562. The Bertz CT molecular complexity index is 195. The number of Topliss-reactive ketones (excluding diaryl/α,β-unsaturated/α-hetero) is 1. The third kappa shape index (κ3) is 0.863. The molecule has 2 aliphatic rings. The molecule has 0 aliphatic heterocycles. The van der Waals surface area contributed by atoms with Crippen LogP contribution in [0.2, 0.25) is 0 Å². The molecule has 0 heterocycles. The molecule has 2 saturated carbocycles. The summed E-state index contributed by atoms with van der Waals surface area (Å²) in [5, 5.41) is 0. The zero-order chi connectivity index (χ0) is 8.17. The molecule has 0 bridgehead atoms. The minimum absolute atomic E-state index is 0.382. The lowest BCUT2D eigenvalue weighted by Gasteiger charge is -2.15. The summed E-state index contributed by atoms with van der Waals surface area (Å²) in [6.45, 7) is 6.46. The number of rotatable bonds is 1. The summed E-state index contributed by atoms with van der Waals surface area (Å²) in [5.41, 5.74) is 0. The average molecular weight is 152 g/mol. The van der Waals surface area contributed by atoms with E-state index in [9.17, 15) is 4.79 Å². The Kier molecular flexibility index (Phi) is 1.39. The lowest BCUT2D eigenvalue weighted by molar-refractivity contribution is -0.126. The van der Waals surface area contributed by atoms with E-state index in [4.69, 9.17) is 0 Å². The van der Waals surface area contributed by atoms with Gasteiger partial charge >= 0.3 is 0 Å². The van der Waals surface area contributed by atoms with Gasteiger partial charge in [-0.15, -0.1) is 0 Å². The number of carbonyl (C=O) groups is 1. The number of fused-ring (bicyclic) bond motifs is 1. The normalized spacial score (nSPS) is 48.2. The minimum Gasteiger partial charge on any atom is -0.299 e. The molecule has 0 aromatic rings. The van der Waals surface area contributed by atoms with Crippen molar-refractivity contribution in [1.82, 2.24) is 0 Å². The highest BCUT2D eigenvalue weighted by Gasteiger charge is 2.58. The molecule has 1 heteroatoms. The molecule has 62 valence electrons. The van der Waals surface area contributed by atoms with Gasteiger partial charge in [0.25, 0.3) is 0 Å². The summed E-state index contributed by atoms with van der Waals surface area (Å²) in [6, 6.07) is 0. The van der Waals surface area contributed by atoms with Crippen LogP contribution in [0.25, 0.3) is 0 Å². The molecule has 0 spiro atoms. The van der Waals surface area contributed by atoms with Crippen LogP contribution in [0.3, 0.4) is 0 Å². The van der Waals surface area contributed by atoms with Crippen LogP contribution in [-0.2, 0) is 4.79 Å². The van der Waals surface area contributed by atoms with Gasteiger partial charge in [0.2, 0.25) is 0 Å². The van der Waals surface area contributed by atoms with Crippen molar-refractivity contribution in [2.75, 3.05) is 0 Å². The first-order chi connectivity index (χ1) is 5.13. The first-order valence-electron chi connectivity index (χ1n) is 4.66. The van der Waals surface area contributed by atoms with Crippen LogP contribution in [0.5, 0.6) is 0 Å². The Morgan fingerprint density at radius 1 is 1.36 bits per heavy atom. The van der Waals surface area contributed by atoms with Crippen LogP contribution in [0, 0.1) is 29.6 Å². The molecule has 0 radical (unpaired) electrons. The maximum absolute atomic E-state index is 11.6. The van der Waals surface area contributed by atoms with Crippen molar-refractivity contribution in [2.24, 2.45) is 29.6 Å². The van der Waals surface area contributed by atoms with Crippen LogP contribution >= 0.6 is 0 Å². The van der Waals surface area contributed by atoms with Gasteiger partial charge < -0.3 is 0 Å². The topological polar surface area (TPSA) is 17.1 Å². The third-order valence-electron chi connectivity index (χ3n) is 3.49. The van der Waals surface area contributed by atoms with Gasteiger partial charge in [-0.1, -0.05) is 20.8 Å². The van der Waals surface area contributed by atoms with Gasteiger partial charge in [-0.3, -0.25) is 4.79 Å². The first-order valence-corrected chi connectivity index (χ1v) is 4.66. The average Bonchev–Trinajstić information content (AvgIpc) is 2.61. The second kappa shape index (κ2) is 2.09. The van der Waals surface area contributed by atoms with E-state index >= 15 is 0 Å². The molecule has 4 unspecified atom stereocenters. The zero-order valence-electron chi connectivity index (χ0n) is 7.50. The second-order valence-corrected chi connectivity index (χ2v) is 4.52. The van der Waals surface area contributed by atoms with Crippen molar-refractivity contribution in [3.8, 4) is 0 Å². The molecule has 0 N–H and O–H groups in total. The van der Waals surface area contributed by atoms with Gasteiger partial charge in [0.1, 0.15) is 5.78 Å². The Morgan fingerprint density at radius 2 is 2.00 bits per heavy atom. The highest BCUT2D eigenvalue weighted by Crippen LogP contribution is 2.58. The smallest absolute Gasteiger partial charge is 0.139 e. The molecule has 0 amide bonds. The van der Waals surface area contributed by atoms with E-state index < -0.39 is 0 Å². The summed E-state index contributed by atoms with van der Waals surface area (Å²) >= 11 is 0. The molecule has 0 aromatic carbocycles. The molecule has 4 atom stereocenters. The molecule has 2 rings (SSSR count). The van der Waals surface area contributed by atoms with Crippen molar-refractivity contribution in [1.29, 1.82) is 0 Å². The minimum atomic E-state index is 0.382. The first kappa shape index (κ1) is 7.33. The molecule has 2 aliphatic carbocycles. The Morgan fingerprint density at radius 3 is 2.27 bits per heavy atom. The number of carbonyl (C=O) groups excluding carboxylic acids is 1. The van der Waals surface area contributed by atoms with Gasteiger partial charge in [0.05, 0.1) is 0 Å². The molecular weight excluding hydrogens is 136 g/mol. The van der Waals surface area contributed by atoms with E-state index in [1.54, 1.807) is 0 Å². The zero-order valence-corrected chi connectivity index (χ0v) is 7.50. The number of hydrogen-bond donors (Lipinski definition) is 0. The Hall–Kier alpha value is -0.330. The highest BCUT2D eigenvalue weighted by atomic mass is 16.1. The fourth-order valence-corrected chi connectivity index (χ4v) is 2.77. The maximum Gasteiger partial charge on any atom is 0.139 e. The molecule has 11 heavy (non-hydrogen) atoms. The van der Waals surface area contributed by atoms with Gasteiger partial charge in [-0.25, -0.2) is 0 Å². The molecule has 2 fully saturated rings. The van der Waals surface area contributed by atoms with Crippen LogP contribution in [-0.4, -0.2) is 5.78 Å². The highest BCUT2D eigenvalue weighted by molar-refractivity contribution is 5.87. The van der Waals surface area contributed by atoms with E-state index in [2.05, 4.69) is 20.8 Å². The van der Waals surface area contributed by atoms with E-state index in [1.807, 2.05) is 0 Å². The van der Waals surface area contributed by atoms with E-state index in [0.29, 0.717) is 23.5 Å². The van der Waals surface area contributed by atoms with E-state index in [1.165, 1.54) is 6.42 Å². The van der Waals surface area contributed by atoms with Crippen LogP contribution in [0.4, 0.5) is 0 Å². The third-order valence-corrected chi connectivity index (χ3v) is 3.49. The van der Waals surface area contributed by atoms with E-state index in [-0.39, 0.29) is 0 Å². The maximum atomic E-state index is 11.6. The Balaban J connectivity index is 2.17. The summed E-state index contributed by atoms with van der Waals surface area (Å²) in [5.74, 6) is 3.46. The van der Waals surface area contributed by atoms with E-state index in [0.717, 1.165) is 11.8 Å². The molecule has 0 saturated heterocycles. The van der Waals surface area contributed by atoms with Gasteiger partial charge in [-0.2, -0.15) is 0 Å². The standard InChI is InChI=1S/C10H16O/c1-5(2)9-8-4-7(8)6(3)10(9)11/h5-9H,4H2,1-3H3. The van der Waals surface area contributed by atoms with Crippen LogP contribution < -0.4 is 0 Å². The van der Waals surface area contributed by atoms with Crippen molar-refractivity contribution < 1.29 is 4.79 Å². The lowest BCUT2D eigenvalue weighted by atomic mass is 9.88. The van der Waals surface area contributed by atoms with Gasteiger partial charge in [-0.05, 0) is 24.2 Å². The summed E-state index contributed by atoms with van der Waals surface area (Å²) in [7, 11) is 0. The predicted octanol–water partition coefficient (Wildman–Crippen LogP) is 2.11. The van der Waals surface area contributed by atoms with Crippen LogP contribution in [0.15, 0.2) is 0 Å². The van der Waals surface area contributed by atoms with Crippen molar-refractivity contribution in [2.45, 2.75) is 27.2 Å². The second-order valence-electron chi connectivity index (χ2n) is 4.52. The van der Waals surface area contributed by atoms with Gasteiger partial charge in [0, 0.05) is 11.8 Å². The summed E-state index contributed by atoms with van der Waals surface area (Å²) < 4.78 is 0. The predicted molar refractivity (Wildman–Crippen MR) is 44.1 cm³/mol. The molecular formula is C10H16O. The van der Waals surface area contributed by atoms with Crippen molar-refractivity contribution >= 4 is 5.78 Å². The lowest BCUT2D eigenvalue weighted by Crippen LogP contribution is -2.21. The van der Waals surface area contributed by atoms with Crippen molar-refractivity contribution in [3.63, 3.8) is 0 Å². The summed E-state index contributed by atoms with van der Waals surface area (Å²) in [4.78, 5) is 11.6. The van der Waals surface area contributed by atoms with Gasteiger partial charge in [0.15, 0.2) is 0 Å².